The number of rotatable bonds is 4. The number of urea groups is 1. The van der Waals surface area contributed by atoms with Crippen molar-refractivity contribution in [2.24, 2.45) is 5.92 Å². The highest BCUT2D eigenvalue weighted by molar-refractivity contribution is 5.96. The predicted molar refractivity (Wildman–Crippen MR) is 95.4 cm³/mol. The quantitative estimate of drug-likeness (QED) is 0.891. The summed E-state index contributed by atoms with van der Waals surface area (Å²) in [7, 11) is 0. The topological polar surface area (TPSA) is 79.3 Å². The normalized spacial score (nSPS) is 17.6. The molecular formula is C18H23N5O2. The summed E-state index contributed by atoms with van der Waals surface area (Å²) in [5.41, 5.74) is 1.90. The molecule has 2 aliphatic rings. The fourth-order valence-corrected chi connectivity index (χ4v) is 3.25. The molecule has 132 valence electrons. The minimum Gasteiger partial charge on any atom is -0.352 e. The molecule has 2 heterocycles. The molecule has 1 fully saturated rings. The Bertz CT molecular complexity index is 824. The standard InChI is InChI=1S/C18H23N5O2/c1-11(2)15(16(24)19-12-7-8-12)21-18(25)23-10-9-22-14-6-4-3-5-13(14)20-17(22)23/h3-6,11-12,15H,7-10H2,1-2H3,(H,19,24)(H,21,25)/t15-/m0/s1. The van der Waals surface area contributed by atoms with Gasteiger partial charge in [0.15, 0.2) is 0 Å². The number of para-hydroxylation sites is 2. The first-order valence-electron chi connectivity index (χ1n) is 8.88. The van der Waals surface area contributed by atoms with E-state index in [0.717, 1.165) is 23.9 Å². The average Bonchev–Trinajstić information content (AvgIpc) is 3.17. The van der Waals surface area contributed by atoms with E-state index in [-0.39, 0.29) is 23.9 Å². The molecule has 25 heavy (non-hydrogen) atoms. The fraction of sp³-hybridized carbons (Fsp3) is 0.500. The van der Waals surface area contributed by atoms with Gasteiger partial charge in [0.2, 0.25) is 11.9 Å². The van der Waals surface area contributed by atoms with Crippen LogP contribution in [0.3, 0.4) is 0 Å². The van der Waals surface area contributed by atoms with Crippen LogP contribution >= 0.6 is 0 Å². The molecule has 7 nitrogen and oxygen atoms in total. The zero-order valence-corrected chi connectivity index (χ0v) is 14.5. The van der Waals surface area contributed by atoms with E-state index in [1.807, 2.05) is 42.7 Å². The fourth-order valence-electron chi connectivity index (χ4n) is 3.25. The third kappa shape index (κ3) is 2.94. The van der Waals surface area contributed by atoms with Crippen LogP contribution in [0.1, 0.15) is 26.7 Å². The third-order valence-electron chi connectivity index (χ3n) is 4.82. The molecule has 1 atom stereocenters. The molecule has 0 spiro atoms. The number of carbonyl (C=O) groups excluding carboxylic acids is 2. The van der Waals surface area contributed by atoms with E-state index in [0.29, 0.717) is 19.0 Å². The first-order valence-corrected chi connectivity index (χ1v) is 8.88. The summed E-state index contributed by atoms with van der Waals surface area (Å²) < 4.78 is 2.05. The molecule has 1 aromatic heterocycles. The summed E-state index contributed by atoms with van der Waals surface area (Å²) in [5, 5.41) is 5.88. The number of imidazole rings is 1. The lowest BCUT2D eigenvalue weighted by molar-refractivity contribution is -0.124. The predicted octanol–water partition coefficient (Wildman–Crippen LogP) is 1.87. The van der Waals surface area contributed by atoms with E-state index in [2.05, 4.69) is 15.6 Å². The van der Waals surface area contributed by atoms with Crippen LogP contribution in [0.4, 0.5) is 10.7 Å². The molecule has 1 aromatic carbocycles. The molecule has 0 unspecified atom stereocenters. The molecule has 1 saturated carbocycles. The Labute approximate surface area is 146 Å². The maximum Gasteiger partial charge on any atom is 0.324 e. The zero-order chi connectivity index (χ0) is 17.6. The molecule has 1 aliphatic heterocycles. The van der Waals surface area contributed by atoms with Crippen molar-refractivity contribution in [1.29, 1.82) is 0 Å². The van der Waals surface area contributed by atoms with Crippen LogP contribution in [0.15, 0.2) is 24.3 Å². The van der Waals surface area contributed by atoms with Gasteiger partial charge >= 0.3 is 6.03 Å². The van der Waals surface area contributed by atoms with Crippen LogP contribution in [0.5, 0.6) is 0 Å². The van der Waals surface area contributed by atoms with Crippen molar-refractivity contribution in [1.82, 2.24) is 20.2 Å². The highest BCUT2D eigenvalue weighted by Crippen LogP contribution is 2.27. The van der Waals surface area contributed by atoms with Crippen LogP contribution in [-0.4, -0.2) is 40.1 Å². The second-order valence-electron chi connectivity index (χ2n) is 7.16. The van der Waals surface area contributed by atoms with Gasteiger partial charge in [-0.25, -0.2) is 9.78 Å². The van der Waals surface area contributed by atoms with Crippen molar-refractivity contribution in [2.75, 3.05) is 11.4 Å². The minimum absolute atomic E-state index is 0.0177. The van der Waals surface area contributed by atoms with Crippen LogP contribution in [-0.2, 0) is 11.3 Å². The van der Waals surface area contributed by atoms with Crippen molar-refractivity contribution in [3.8, 4) is 0 Å². The first-order chi connectivity index (χ1) is 12.0. The Morgan fingerprint density at radius 2 is 1.96 bits per heavy atom. The van der Waals surface area contributed by atoms with Crippen molar-refractivity contribution in [3.05, 3.63) is 24.3 Å². The zero-order valence-electron chi connectivity index (χ0n) is 14.5. The van der Waals surface area contributed by atoms with Gasteiger partial charge in [0.25, 0.3) is 0 Å². The molecule has 4 rings (SSSR count). The number of aromatic nitrogens is 2. The largest absolute Gasteiger partial charge is 0.352 e. The maximum absolute atomic E-state index is 12.8. The monoisotopic (exact) mass is 341 g/mol. The third-order valence-corrected chi connectivity index (χ3v) is 4.82. The van der Waals surface area contributed by atoms with Gasteiger partial charge < -0.3 is 15.2 Å². The van der Waals surface area contributed by atoms with Crippen molar-refractivity contribution in [3.63, 3.8) is 0 Å². The number of nitrogens with one attached hydrogen (secondary N) is 2. The second kappa shape index (κ2) is 6.06. The van der Waals surface area contributed by atoms with E-state index in [1.165, 1.54) is 0 Å². The number of carbonyl (C=O) groups is 2. The molecule has 2 N–H and O–H groups in total. The lowest BCUT2D eigenvalue weighted by atomic mass is 10.0. The molecule has 7 heteroatoms. The number of anilines is 1. The smallest absolute Gasteiger partial charge is 0.324 e. The summed E-state index contributed by atoms with van der Waals surface area (Å²) in [5.74, 6) is 0.562. The molecular weight excluding hydrogens is 318 g/mol. The summed E-state index contributed by atoms with van der Waals surface area (Å²) in [6.45, 7) is 5.16. The lowest BCUT2D eigenvalue weighted by Crippen LogP contribution is -2.53. The average molecular weight is 341 g/mol. The van der Waals surface area contributed by atoms with Crippen LogP contribution < -0.4 is 15.5 Å². The summed E-state index contributed by atoms with van der Waals surface area (Å²) in [6, 6.07) is 7.33. The lowest BCUT2D eigenvalue weighted by Gasteiger charge is -2.24. The summed E-state index contributed by atoms with van der Waals surface area (Å²) >= 11 is 0. The summed E-state index contributed by atoms with van der Waals surface area (Å²) in [4.78, 5) is 31.4. The maximum atomic E-state index is 12.8. The van der Waals surface area contributed by atoms with Crippen molar-refractivity contribution < 1.29 is 9.59 Å². The van der Waals surface area contributed by atoms with Gasteiger partial charge in [0, 0.05) is 19.1 Å². The molecule has 0 bridgehead atoms. The van der Waals surface area contributed by atoms with Crippen LogP contribution in [0.25, 0.3) is 11.0 Å². The number of nitrogens with zero attached hydrogens (tertiary/aromatic N) is 3. The van der Waals surface area contributed by atoms with Gasteiger partial charge in [-0.15, -0.1) is 0 Å². The van der Waals surface area contributed by atoms with Gasteiger partial charge in [-0.05, 0) is 30.9 Å². The number of hydrogen-bond acceptors (Lipinski definition) is 3. The van der Waals surface area contributed by atoms with Gasteiger partial charge in [0.1, 0.15) is 6.04 Å². The van der Waals surface area contributed by atoms with E-state index < -0.39 is 6.04 Å². The number of amides is 3. The molecule has 3 amide bonds. The van der Waals surface area contributed by atoms with E-state index in [1.54, 1.807) is 4.90 Å². The van der Waals surface area contributed by atoms with Crippen molar-refractivity contribution in [2.45, 2.75) is 45.3 Å². The van der Waals surface area contributed by atoms with Gasteiger partial charge in [0.05, 0.1) is 11.0 Å². The van der Waals surface area contributed by atoms with Gasteiger partial charge in [-0.1, -0.05) is 26.0 Å². The summed E-state index contributed by atoms with van der Waals surface area (Å²) in [6.07, 6.45) is 2.06. The number of hydrogen-bond donors (Lipinski definition) is 2. The van der Waals surface area contributed by atoms with Gasteiger partial charge in [-0.2, -0.15) is 0 Å². The second-order valence-corrected chi connectivity index (χ2v) is 7.16. The SMILES string of the molecule is CC(C)[C@H](NC(=O)N1CCn2c1nc1ccccc12)C(=O)NC1CC1. The number of benzene rings is 1. The van der Waals surface area contributed by atoms with Crippen molar-refractivity contribution >= 4 is 28.9 Å². The van der Waals surface area contributed by atoms with Gasteiger partial charge in [-0.3, -0.25) is 9.69 Å². The van der Waals surface area contributed by atoms with E-state index >= 15 is 0 Å². The highest BCUT2D eigenvalue weighted by atomic mass is 16.2. The minimum atomic E-state index is -0.536. The first kappa shape index (κ1) is 15.9. The van der Waals surface area contributed by atoms with Crippen LogP contribution in [0.2, 0.25) is 0 Å². The Hall–Kier alpha value is -2.57. The Balaban J connectivity index is 1.52. The van der Waals surface area contributed by atoms with E-state index in [4.69, 9.17) is 0 Å². The molecule has 1 aliphatic carbocycles. The highest BCUT2D eigenvalue weighted by Gasteiger charge is 2.34. The Morgan fingerprint density at radius 1 is 1.20 bits per heavy atom. The number of fused-ring (bicyclic) bond motifs is 3. The van der Waals surface area contributed by atoms with Crippen LogP contribution in [0, 0.1) is 5.92 Å². The molecule has 0 radical (unpaired) electrons. The Kier molecular flexibility index (Phi) is 3.86. The Morgan fingerprint density at radius 3 is 2.68 bits per heavy atom. The molecule has 2 aromatic rings. The van der Waals surface area contributed by atoms with E-state index in [9.17, 15) is 9.59 Å². The molecule has 0 saturated heterocycles.